The number of amides is 1. The monoisotopic (exact) mass is 316 g/mol. The normalized spacial score (nSPS) is 25.6. The van der Waals surface area contributed by atoms with Crippen LogP contribution < -0.4 is 10.6 Å². The van der Waals surface area contributed by atoms with Crippen molar-refractivity contribution < 1.29 is 4.79 Å². The second kappa shape index (κ2) is 7.87. The van der Waals surface area contributed by atoms with Crippen LogP contribution in [0.15, 0.2) is 24.3 Å². The van der Waals surface area contributed by atoms with Gasteiger partial charge in [0.15, 0.2) is 0 Å². The fourth-order valence-corrected chi connectivity index (χ4v) is 2.89. The lowest BCUT2D eigenvalue weighted by molar-refractivity contribution is -0.121. The molecule has 0 spiro atoms. The molecule has 1 aromatic rings. The molecular weight excluding hydrogens is 295 g/mol. The molecule has 1 aliphatic heterocycles. The maximum atomic E-state index is 12.1. The maximum Gasteiger partial charge on any atom is 0.224 e. The van der Waals surface area contributed by atoms with E-state index in [9.17, 15) is 4.79 Å². The van der Waals surface area contributed by atoms with Crippen molar-refractivity contribution >= 4 is 29.9 Å². The van der Waals surface area contributed by atoms with Crippen LogP contribution in [0.2, 0.25) is 5.02 Å². The summed E-state index contributed by atoms with van der Waals surface area (Å²) in [4.78, 5) is 12.1. The van der Waals surface area contributed by atoms with Crippen molar-refractivity contribution in [2.45, 2.75) is 38.8 Å². The van der Waals surface area contributed by atoms with Gasteiger partial charge in [-0.2, -0.15) is 0 Å². The van der Waals surface area contributed by atoms with E-state index >= 15 is 0 Å². The highest BCUT2D eigenvalue weighted by atomic mass is 35.5. The first-order chi connectivity index (χ1) is 9.06. The number of hydrogen-bond donors (Lipinski definition) is 2. The molecule has 3 nitrogen and oxygen atoms in total. The van der Waals surface area contributed by atoms with Crippen molar-refractivity contribution in [2.75, 3.05) is 6.54 Å². The number of carbonyl (C=O) groups excluding carboxylic acids is 1. The molecule has 1 fully saturated rings. The topological polar surface area (TPSA) is 41.1 Å². The van der Waals surface area contributed by atoms with Crippen LogP contribution in [-0.2, 0) is 11.2 Å². The van der Waals surface area contributed by atoms with Gasteiger partial charge in [0.05, 0.1) is 6.42 Å². The summed E-state index contributed by atoms with van der Waals surface area (Å²) in [5, 5.41) is 7.22. The Labute approximate surface area is 131 Å². The van der Waals surface area contributed by atoms with Crippen molar-refractivity contribution in [3.05, 3.63) is 34.9 Å². The second-order valence-corrected chi connectivity index (χ2v) is 5.85. The standard InChI is InChI=1S/C15H21ClN2O.ClH/c1-10-6-7-17-11(2)15(10)18-14(19)9-12-4-3-5-13(16)8-12;/h3-5,8,10-11,15,17H,6-7,9H2,1-2H3,(H,18,19);1H. The van der Waals surface area contributed by atoms with Gasteiger partial charge in [-0.25, -0.2) is 0 Å². The number of hydrogen-bond acceptors (Lipinski definition) is 2. The van der Waals surface area contributed by atoms with Crippen molar-refractivity contribution in [3.8, 4) is 0 Å². The van der Waals surface area contributed by atoms with Crippen LogP contribution in [0.1, 0.15) is 25.8 Å². The summed E-state index contributed by atoms with van der Waals surface area (Å²) < 4.78 is 0. The van der Waals surface area contributed by atoms with E-state index in [1.807, 2.05) is 24.3 Å². The van der Waals surface area contributed by atoms with E-state index in [1.165, 1.54) is 0 Å². The number of piperidine rings is 1. The van der Waals surface area contributed by atoms with Crippen LogP contribution in [0.3, 0.4) is 0 Å². The van der Waals surface area contributed by atoms with E-state index in [1.54, 1.807) is 0 Å². The highest BCUT2D eigenvalue weighted by molar-refractivity contribution is 6.30. The number of rotatable bonds is 3. The Morgan fingerprint density at radius 3 is 2.85 bits per heavy atom. The van der Waals surface area contributed by atoms with Gasteiger partial charge in [-0.05, 0) is 43.5 Å². The van der Waals surface area contributed by atoms with Crippen LogP contribution in [0.4, 0.5) is 0 Å². The third kappa shape index (κ3) is 4.65. The molecule has 0 saturated carbocycles. The van der Waals surface area contributed by atoms with E-state index in [-0.39, 0.29) is 24.4 Å². The minimum atomic E-state index is 0. The Morgan fingerprint density at radius 2 is 2.20 bits per heavy atom. The van der Waals surface area contributed by atoms with Gasteiger partial charge in [-0.1, -0.05) is 30.7 Å². The average Bonchev–Trinajstić information content (AvgIpc) is 2.34. The number of halogens is 2. The molecule has 112 valence electrons. The van der Waals surface area contributed by atoms with E-state index in [0.29, 0.717) is 23.4 Å². The summed E-state index contributed by atoms with van der Waals surface area (Å²) in [6.45, 7) is 5.35. The van der Waals surface area contributed by atoms with Crippen molar-refractivity contribution in [3.63, 3.8) is 0 Å². The lowest BCUT2D eigenvalue weighted by Gasteiger charge is -2.36. The van der Waals surface area contributed by atoms with E-state index in [2.05, 4.69) is 24.5 Å². The summed E-state index contributed by atoms with van der Waals surface area (Å²) in [6.07, 6.45) is 1.49. The lowest BCUT2D eigenvalue weighted by atomic mass is 9.89. The lowest BCUT2D eigenvalue weighted by Crippen LogP contribution is -2.56. The number of nitrogens with one attached hydrogen (secondary N) is 2. The summed E-state index contributed by atoms with van der Waals surface area (Å²) in [7, 11) is 0. The van der Waals surface area contributed by atoms with Gasteiger partial charge >= 0.3 is 0 Å². The summed E-state index contributed by atoms with van der Waals surface area (Å²) in [6, 6.07) is 7.99. The molecule has 1 heterocycles. The van der Waals surface area contributed by atoms with Gasteiger partial charge in [0, 0.05) is 17.1 Å². The zero-order valence-corrected chi connectivity index (χ0v) is 13.4. The second-order valence-electron chi connectivity index (χ2n) is 5.41. The molecule has 0 radical (unpaired) electrons. The molecule has 3 atom stereocenters. The highest BCUT2D eigenvalue weighted by Gasteiger charge is 2.28. The minimum Gasteiger partial charge on any atom is -0.351 e. The smallest absolute Gasteiger partial charge is 0.224 e. The van der Waals surface area contributed by atoms with Crippen LogP contribution in [0, 0.1) is 5.92 Å². The van der Waals surface area contributed by atoms with Crippen molar-refractivity contribution in [1.82, 2.24) is 10.6 Å². The van der Waals surface area contributed by atoms with E-state index in [4.69, 9.17) is 11.6 Å². The van der Waals surface area contributed by atoms with Gasteiger partial charge in [-0.15, -0.1) is 12.4 Å². The predicted octanol–water partition coefficient (Wildman–Crippen LogP) is 2.81. The quantitative estimate of drug-likeness (QED) is 0.900. The van der Waals surface area contributed by atoms with Gasteiger partial charge in [0.1, 0.15) is 0 Å². The van der Waals surface area contributed by atoms with E-state index in [0.717, 1.165) is 18.5 Å². The zero-order valence-electron chi connectivity index (χ0n) is 11.9. The molecular formula is C15H22Cl2N2O. The molecule has 20 heavy (non-hydrogen) atoms. The Kier molecular flexibility index (Phi) is 6.80. The molecule has 0 bridgehead atoms. The van der Waals surface area contributed by atoms with E-state index < -0.39 is 0 Å². The molecule has 0 aliphatic carbocycles. The molecule has 1 aromatic carbocycles. The van der Waals surface area contributed by atoms with Crippen LogP contribution in [0.25, 0.3) is 0 Å². The fourth-order valence-electron chi connectivity index (χ4n) is 2.67. The minimum absolute atomic E-state index is 0. The van der Waals surface area contributed by atoms with Crippen LogP contribution in [-0.4, -0.2) is 24.5 Å². The SMILES string of the molecule is CC1CCNC(C)C1NC(=O)Cc1cccc(Cl)c1.Cl. The number of carbonyl (C=O) groups is 1. The summed E-state index contributed by atoms with van der Waals surface area (Å²) in [5.74, 6) is 0.578. The molecule has 1 amide bonds. The van der Waals surface area contributed by atoms with Gasteiger partial charge < -0.3 is 10.6 Å². The first-order valence-electron chi connectivity index (χ1n) is 6.83. The fraction of sp³-hybridized carbons (Fsp3) is 0.533. The Hall–Kier alpha value is -0.770. The molecule has 0 aromatic heterocycles. The summed E-state index contributed by atoms with van der Waals surface area (Å²) in [5.41, 5.74) is 0.953. The average molecular weight is 317 g/mol. The van der Waals surface area contributed by atoms with Gasteiger partial charge in [0.2, 0.25) is 5.91 Å². The maximum absolute atomic E-state index is 12.1. The number of benzene rings is 1. The highest BCUT2D eigenvalue weighted by Crippen LogP contribution is 2.17. The van der Waals surface area contributed by atoms with Crippen molar-refractivity contribution in [2.24, 2.45) is 5.92 Å². The molecule has 3 unspecified atom stereocenters. The molecule has 2 rings (SSSR count). The molecule has 2 N–H and O–H groups in total. The van der Waals surface area contributed by atoms with Crippen LogP contribution in [0.5, 0.6) is 0 Å². The first kappa shape index (κ1) is 17.3. The van der Waals surface area contributed by atoms with Gasteiger partial charge in [-0.3, -0.25) is 4.79 Å². The third-order valence-corrected chi connectivity index (χ3v) is 4.03. The molecule has 1 saturated heterocycles. The zero-order chi connectivity index (χ0) is 13.8. The van der Waals surface area contributed by atoms with Gasteiger partial charge in [0.25, 0.3) is 0 Å². The molecule has 1 aliphatic rings. The largest absolute Gasteiger partial charge is 0.351 e. The Balaban J connectivity index is 0.00000200. The summed E-state index contributed by atoms with van der Waals surface area (Å²) >= 11 is 5.92. The van der Waals surface area contributed by atoms with Crippen molar-refractivity contribution in [1.29, 1.82) is 0 Å². The first-order valence-corrected chi connectivity index (χ1v) is 7.21. The van der Waals surface area contributed by atoms with Crippen LogP contribution >= 0.6 is 24.0 Å². The Morgan fingerprint density at radius 1 is 1.45 bits per heavy atom. The molecule has 5 heteroatoms. The third-order valence-electron chi connectivity index (χ3n) is 3.80. The Bertz CT molecular complexity index is 443. The predicted molar refractivity (Wildman–Crippen MR) is 85.6 cm³/mol.